The molecule has 19 heavy (non-hydrogen) atoms. The average Bonchev–Trinajstić information content (AvgIpc) is 2.72. The standard InChI is InChI=1S/C15H19NO3/c1-16-9-8-14(15(16)18)19-13-7-3-4-10-11(13)5-2-6-12(10)17/h3-4,7,12,14,17H,2,5-6,8-9H2,1H3. The second-order valence-electron chi connectivity index (χ2n) is 5.39. The molecule has 0 radical (unpaired) electrons. The van der Waals surface area contributed by atoms with Gasteiger partial charge in [-0.1, -0.05) is 12.1 Å². The van der Waals surface area contributed by atoms with E-state index in [0.29, 0.717) is 0 Å². The molecular formula is C15H19NO3. The van der Waals surface area contributed by atoms with Gasteiger partial charge in [-0.3, -0.25) is 4.79 Å². The van der Waals surface area contributed by atoms with Gasteiger partial charge in [0, 0.05) is 20.0 Å². The Morgan fingerprint density at radius 2 is 2.21 bits per heavy atom. The molecule has 4 nitrogen and oxygen atoms in total. The lowest BCUT2D eigenvalue weighted by Gasteiger charge is -2.24. The molecule has 3 rings (SSSR count). The number of nitrogens with zero attached hydrogens (tertiary/aromatic N) is 1. The highest BCUT2D eigenvalue weighted by Gasteiger charge is 2.32. The number of aliphatic hydroxyl groups excluding tert-OH is 1. The first-order valence-electron chi connectivity index (χ1n) is 6.88. The van der Waals surface area contributed by atoms with Gasteiger partial charge in [-0.25, -0.2) is 0 Å². The summed E-state index contributed by atoms with van der Waals surface area (Å²) in [4.78, 5) is 13.6. The van der Waals surface area contributed by atoms with Crippen LogP contribution in [0.25, 0.3) is 0 Å². The summed E-state index contributed by atoms with van der Waals surface area (Å²) >= 11 is 0. The number of amides is 1. The van der Waals surface area contributed by atoms with Crippen LogP contribution in [-0.4, -0.2) is 35.6 Å². The summed E-state index contributed by atoms with van der Waals surface area (Å²) in [5, 5.41) is 10.0. The summed E-state index contributed by atoms with van der Waals surface area (Å²) in [6.45, 7) is 0.751. The predicted molar refractivity (Wildman–Crippen MR) is 71.0 cm³/mol. The monoisotopic (exact) mass is 261 g/mol. The number of hydrogen-bond acceptors (Lipinski definition) is 3. The van der Waals surface area contributed by atoms with Crippen LogP contribution in [0, 0.1) is 0 Å². The molecule has 0 saturated carbocycles. The summed E-state index contributed by atoms with van der Waals surface area (Å²) in [5.74, 6) is 0.818. The summed E-state index contributed by atoms with van der Waals surface area (Å²) < 4.78 is 5.90. The Hall–Kier alpha value is -1.55. The molecule has 0 spiro atoms. The van der Waals surface area contributed by atoms with Gasteiger partial charge in [-0.2, -0.15) is 0 Å². The Morgan fingerprint density at radius 1 is 1.37 bits per heavy atom. The molecule has 1 heterocycles. The van der Waals surface area contributed by atoms with Crippen molar-refractivity contribution in [2.45, 2.75) is 37.9 Å². The third-order valence-corrected chi connectivity index (χ3v) is 4.08. The first kappa shape index (κ1) is 12.5. The van der Waals surface area contributed by atoms with Crippen LogP contribution in [0.1, 0.15) is 36.5 Å². The molecule has 4 heteroatoms. The highest BCUT2D eigenvalue weighted by Crippen LogP contribution is 2.36. The van der Waals surface area contributed by atoms with Gasteiger partial charge in [0.1, 0.15) is 5.75 Å². The number of carbonyl (C=O) groups excluding carboxylic acids is 1. The summed E-state index contributed by atoms with van der Waals surface area (Å²) in [6.07, 6.45) is 2.67. The van der Waals surface area contributed by atoms with Gasteiger partial charge >= 0.3 is 0 Å². The molecule has 0 bridgehead atoms. The smallest absolute Gasteiger partial charge is 0.263 e. The zero-order valence-electron chi connectivity index (χ0n) is 11.1. The predicted octanol–water partition coefficient (Wildman–Crippen LogP) is 1.67. The number of fused-ring (bicyclic) bond motifs is 1. The maximum absolute atomic E-state index is 11.9. The van der Waals surface area contributed by atoms with Crippen molar-refractivity contribution >= 4 is 5.91 Å². The number of ether oxygens (including phenoxy) is 1. The molecule has 1 saturated heterocycles. The zero-order chi connectivity index (χ0) is 13.4. The highest BCUT2D eigenvalue weighted by atomic mass is 16.5. The average molecular weight is 261 g/mol. The molecule has 2 atom stereocenters. The van der Waals surface area contributed by atoms with Crippen LogP contribution in [0.2, 0.25) is 0 Å². The number of carbonyl (C=O) groups is 1. The van der Waals surface area contributed by atoms with E-state index < -0.39 is 6.10 Å². The Morgan fingerprint density at radius 3 is 2.95 bits per heavy atom. The summed E-state index contributed by atoms with van der Waals surface area (Å²) in [7, 11) is 1.80. The van der Waals surface area contributed by atoms with Crippen LogP contribution in [0.4, 0.5) is 0 Å². The summed E-state index contributed by atoms with van der Waals surface area (Å²) in [5.41, 5.74) is 2.03. The fourth-order valence-corrected chi connectivity index (χ4v) is 2.95. The van der Waals surface area contributed by atoms with E-state index in [2.05, 4.69) is 0 Å². The highest BCUT2D eigenvalue weighted by molar-refractivity contribution is 5.83. The molecule has 1 amide bonds. The van der Waals surface area contributed by atoms with E-state index >= 15 is 0 Å². The van der Waals surface area contributed by atoms with E-state index in [4.69, 9.17) is 4.74 Å². The molecule has 1 aromatic carbocycles. The minimum absolute atomic E-state index is 0.0500. The third kappa shape index (κ3) is 2.21. The second kappa shape index (κ2) is 4.85. The van der Waals surface area contributed by atoms with Crippen LogP contribution in [0.5, 0.6) is 5.75 Å². The number of hydrogen-bond donors (Lipinski definition) is 1. The van der Waals surface area contributed by atoms with Crippen LogP contribution < -0.4 is 4.74 Å². The first-order valence-corrected chi connectivity index (χ1v) is 6.88. The molecule has 1 aliphatic heterocycles. The molecule has 2 aliphatic rings. The van der Waals surface area contributed by atoms with E-state index in [1.165, 1.54) is 0 Å². The normalized spacial score (nSPS) is 26.4. The van der Waals surface area contributed by atoms with Crippen LogP contribution in [-0.2, 0) is 11.2 Å². The Bertz CT molecular complexity index is 500. The molecular weight excluding hydrogens is 242 g/mol. The molecule has 1 fully saturated rings. The maximum Gasteiger partial charge on any atom is 0.263 e. The largest absolute Gasteiger partial charge is 0.480 e. The van der Waals surface area contributed by atoms with Gasteiger partial charge < -0.3 is 14.7 Å². The van der Waals surface area contributed by atoms with Crippen molar-refractivity contribution < 1.29 is 14.6 Å². The SMILES string of the molecule is CN1CCC(Oc2cccc3c2CCCC3O)C1=O. The number of rotatable bonds is 2. The van der Waals surface area contributed by atoms with E-state index in [-0.39, 0.29) is 12.0 Å². The van der Waals surface area contributed by atoms with Gasteiger partial charge in [0.05, 0.1) is 6.10 Å². The first-order chi connectivity index (χ1) is 9.16. The van der Waals surface area contributed by atoms with Crippen molar-refractivity contribution in [2.75, 3.05) is 13.6 Å². The van der Waals surface area contributed by atoms with Crippen LogP contribution in [0.15, 0.2) is 18.2 Å². The minimum Gasteiger partial charge on any atom is -0.480 e. The van der Waals surface area contributed by atoms with E-state index in [1.54, 1.807) is 11.9 Å². The number of aliphatic hydroxyl groups is 1. The summed E-state index contributed by atoms with van der Waals surface area (Å²) in [6, 6.07) is 5.75. The molecule has 1 N–H and O–H groups in total. The van der Waals surface area contributed by atoms with Crippen LogP contribution in [0.3, 0.4) is 0 Å². The number of likely N-dealkylation sites (tertiary alicyclic amines) is 1. The fourth-order valence-electron chi connectivity index (χ4n) is 2.95. The molecule has 1 aromatic rings. The Kier molecular flexibility index (Phi) is 3.19. The molecule has 0 aromatic heterocycles. The molecule has 2 unspecified atom stereocenters. The van der Waals surface area contributed by atoms with Gasteiger partial charge in [0.2, 0.25) is 0 Å². The topological polar surface area (TPSA) is 49.8 Å². The van der Waals surface area contributed by atoms with Gasteiger partial charge in [-0.15, -0.1) is 0 Å². The number of likely N-dealkylation sites (N-methyl/N-ethyl adjacent to an activating group) is 1. The number of benzene rings is 1. The van der Waals surface area contributed by atoms with E-state index in [9.17, 15) is 9.90 Å². The van der Waals surface area contributed by atoms with Gasteiger partial charge in [-0.05, 0) is 36.5 Å². The van der Waals surface area contributed by atoms with Crippen LogP contribution >= 0.6 is 0 Å². The van der Waals surface area contributed by atoms with Gasteiger partial charge in [0.15, 0.2) is 6.10 Å². The van der Waals surface area contributed by atoms with Crippen molar-refractivity contribution in [2.24, 2.45) is 0 Å². The Labute approximate surface area is 113 Å². The quantitative estimate of drug-likeness (QED) is 0.881. The fraction of sp³-hybridized carbons (Fsp3) is 0.533. The maximum atomic E-state index is 11.9. The van der Waals surface area contributed by atoms with E-state index in [0.717, 1.165) is 49.1 Å². The lowest BCUT2D eigenvalue weighted by atomic mass is 9.89. The Balaban J connectivity index is 1.86. The van der Waals surface area contributed by atoms with E-state index in [1.807, 2.05) is 18.2 Å². The molecule has 102 valence electrons. The van der Waals surface area contributed by atoms with Crippen molar-refractivity contribution in [3.63, 3.8) is 0 Å². The van der Waals surface area contributed by atoms with Crippen molar-refractivity contribution in [3.8, 4) is 5.75 Å². The third-order valence-electron chi connectivity index (χ3n) is 4.08. The van der Waals surface area contributed by atoms with Crippen molar-refractivity contribution in [1.82, 2.24) is 4.90 Å². The second-order valence-corrected chi connectivity index (χ2v) is 5.39. The lowest BCUT2D eigenvalue weighted by molar-refractivity contribution is -0.132. The minimum atomic E-state index is -0.394. The van der Waals surface area contributed by atoms with Crippen molar-refractivity contribution in [3.05, 3.63) is 29.3 Å². The van der Waals surface area contributed by atoms with Gasteiger partial charge in [0.25, 0.3) is 5.91 Å². The molecule has 1 aliphatic carbocycles. The lowest BCUT2D eigenvalue weighted by Crippen LogP contribution is -2.29. The van der Waals surface area contributed by atoms with Crippen molar-refractivity contribution in [1.29, 1.82) is 0 Å². The zero-order valence-corrected chi connectivity index (χ0v) is 11.1.